The van der Waals surface area contributed by atoms with E-state index in [-0.39, 0.29) is 0 Å². The molecule has 0 aliphatic heterocycles. The van der Waals surface area contributed by atoms with Gasteiger partial charge in [0.05, 0.1) is 0 Å². The van der Waals surface area contributed by atoms with Gasteiger partial charge in [0.2, 0.25) is 0 Å². The average Bonchev–Trinajstić information content (AvgIpc) is 2.51. The number of fused-ring (bicyclic) bond motifs is 1. The lowest BCUT2D eigenvalue weighted by molar-refractivity contribution is 0.774. The summed E-state index contributed by atoms with van der Waals surface area (Å²) in [4.78, 5) is 0. The molecule has 0 amide bonds. The Balaban J connectivity index is 2.65. The van der Waals surface area contributed by atoms with Crippen LogP contribution in [-0.4, -0.2) is 0 Å². The second kappa shape index (κ2) is 2.96. The standard InChI is InChI=1S/C10H4FS/c11-5-3-8-1-2-9-4-6-12-10(9)7-8/h1-2,4,7H. The zero-order valence-electron chi connectivity index (χ0n) is 6.10. The van der Waals surface area contributed by atoms with Crippen LogP contribution in [0.2, 0.25) is 0 Å². The van der Waals surface area contributed by atoms with Gasteiger partial charge in [-0.1, -0.05) is 6.07 Å². The Labute approximate surface area is 73.6 Å². The molecule has 0 saturated carbocycles. The molecule has 1 heterocycles. The Morgan fingerprint density at radius 3 is 3.17 bits per heavy atom. The molecular formula is C10H4FS. The van der Waals surface area contributed by atoms with Crippen molar-refractivity contribution >= 4 is 21.4 Å². The van der Waals surface area contributed by atoms with Gasteiger partial charge in [-0.25, -0.2) is 0 Å². The maximum Gasteiger partial charge on any atom is 0.111 e. The van der Waals surface area contributed by atoms with Crippen molar-refractivity contribution in [3.8, 4) is 12.1 Å². The molecule has 12 heavy (non-hydrogen) atoms. The van der Waals surface area contributed by atoms with Gasteiger partial charge in [0.25, 0.3) is 0 Å². The van der Waals surface area contributed by atoms with Crippen molar-refractivity contribution in [3.63, 3.8) is 0 Å². The lowest BCUT2D eigenvalue weighted by Crippen LogP contribution is -1.70. The number of thiophene rings is 1. The summed E-state index contributed by atoms with van der Waals surface area (Å²) in [5.74, 6) is 2.37. The number of hydrogen-bond acceptors (Lipinski definition) is 1. The molecule has 1 aromatic heterocycles. The summed E-state index contributed by atoms with van der Waals surface area (Å²) in [7, 11) is 0. The summed E-state index contributed by atoms with van der Waals surface area (Å²) in [6.07, 6.45) is 1.39. The van der Waals surface area contributed by atoms with Crippen molar-refractivity contribution in [2.24, 2.45) is 0 Å². The maximum absolute atomic E-state index is 11.6. The first-order valence-electron chi connectivity index (χ1n) is 3.41. The van der Waals surface area contributed by atoms with Crippen LogP contribution in [0.15, 0.2) is 24.3 Å². The molecule has 0 saturated heterocycles. The quantitative estimate of drug-likeness (QED) is 0.540. The van der Waals surface area contributed by atoms with Crippen LogP contribution in [0.5, 0.6) is 0 Å². The van der Waals surface area contributed by atoms with Crippen LogP contribution >= 0.6 is 11.3 Å². The zero-order chi connectivity index (χ0) is 8.39. The third-order valence-electron chi connectivity index (χ3n) is 1.59. The van der Waals surface area contributed by atoms with Crippen LogP contribution < -0.4 is 0 Å². The minimum Gasteiger partial charge on any atom is -0.144 e. The lowest BCUT2D eigenvalue weighted by atomic mass is 10.2. The van der Waals surface area contributed by atoms with Crippen molar-refractivity contribution in [1.82, 2.24) is 0 Å². The van der Waals surface area contributed by atoms with Crippen molar-refractivity contribution in [3.05, 3.63) is 35.2 Å². The zero-order valence-corrected chi connectivity index (χ0v) is 6.91. The summed E-state index contributed by atoms with van der Waals surface area (Å²) in [5.41, 5.74) is 0.709. The fraction of sp³-hybridized carbons (Fsp3) is 0. The van der Waals surface area contributed by atoms with Crippen LogP contribution in [0.1, 0.15) is 5.56 Å². The van der Waals surface area contributed by atoms with E-state index in [0.717, 1.165) is 10.1 Å². The first-order chi connectivity index (χ1) is 5.90. The molecule has 0 unspecified atom stereocenters. The van der Waals surface area contributed by atoms with E-state index in [1.165, 1.54) is 17.5 Å². The highest BCUT2D eigenvalue weighted by Gasteiger charge is 1.94. The monoisotopic (exact) mass is 175 g/mol. The number of hydrogen-bond donors (Lipinski definition) is 0. The largest absolute Gasteiger partial charge is 0.144 e. The summed E-state index contributed by atoms with van der Waals surface area (Å²) >= 11 is 1.51. The molecule has 0 atom stereocenters. The van der Waals surface area contributed by atoms with Gasteiger partial charge in [0, 0.05) is 15.6 Å². The van der Waals surface area contributed by atoms with Gasteiger partial charge >= 0.3 is 0 Å². The highest BCUT2D eigenvalue weighted by molar-refractivity contribution is 7.16. The predicted molar refractivity (Wildman–Crippen MR) is 48.6 cm³/mol. The topological polar surface area (TPSA) is 0 Å². The number of rotatable bonds is 0. The lowest BCUT2D eigenvalue weighted by Gasteiger charge is -1.89. The van der Waals surface area contributed by atoms with Gasteiger partial charge in [-0.05, 0) is 29.5 Å². The van der Waals surface area contributed by atoms with E-state index in [4.69, 9.17) is 0 Å². The smallest absolute Gasteiger partial charge is 0.111 e. The highest BCUT2D eigenvalue weighted by atomic mass is 32.1. The van der Waals surface area contributed by atoms with Gasteiger partial charge < -0.3 is 0 Å². The number of benzene rings is 1. The van der Waals surface area contributed by atoms with Gasteiger partial charge in [-0.3, -0.25) is 0 Å². The molecule has 0 nitrogen and oxygen atoms in total. The fourth-order valence-electron chi connectivity index (χ4n) is 1.03. The van der Waals surface area contributed by atoms with Crippen LogP contribution in [0.4, 0.5) is 4.39 Å². The van der Waals surface area contributed by atoms with Crippen molar-refractivity contribution in [2.45, 2.75) is 0 Å². The first-order valence-corrected chi connectivity index (χ1v) is 4.23. The minimum absolute atomic E-state index is 0.709. The van der Waals surface area contributed by atoms with Crippen LogP contribution in [0.3, 0.4) is 0 Å². The summed E-state index contributed by atoms with van der Waals surface area (Å²) in [5, 5.41) is 4.14. The van der Waals surface area contributed by atoms with Crippen molar-refractivity contribution in [2.75, 3.05) is 0 Å². The minimum atomic E-state index is 0.709. The highest BCUT2D eigenvalue weighted by Crippen LogP contribution is 2.20. The average molecular weight is 175 g/mol. The molecule has 0 aliphatic rings. The summed E-state index contributed by atoms with van der Waals surface area (Å²) in [6.45, 7) is 0. The summed E-state index contributed by atoms with van der Waals surface area (Å²) < 4.78 is 12.7. The van der Waals surface area contributed by atoms with Crippen LogP contribution in [0.25, 0.3) is 10.1 Å². The molecule has 0 aliphatic carbocycles. The van der Waals surface area contributed by atoms with Gasteiger partial charge in [0.15, 0.2) is 0 Å². The Morgan fingerprint density at radius 1 is 1.42 bits per heavy atom. The van der Waals surface area contributed by atoms with E-state index in [1.54, 1.807) is 6.07 Å². The van der Waals surface area contributed by atoms with Crippen LogP contribution in [-0.2, 0) is 0 Å². The molecule has 1 aromatic carbocycles. The second-order valence-corrected chi connectivity index (χ2v) is 3.22. The molecule has 0 spiro atoms. The predicted octanol–water partition coefficient (Wildman–Crippen LogP) is 2.98. The molecular weight excluding hydrogens is 171 g/mol. The summed E-state index contributed by atoms with van der Waals surface area (Å²) in [6, 6.07) is 7.49. The Morgan fingerprint density at radius 2 is 2.33 bits per heavy atom. The van der Waals surface area contributed by atoms with Gasteiger partial charge in [-0.2, -0.15) is 0 Å². The molecule has 2 heteroatoms. The van der Waals surface area contributed by atoms with Gasteiger partial charge in [-0.15, -0.1) is 15.7 Å². The number of halogens is 1. The molecule has 57 valence electrons. The van der Waals surface area contributed by atoms with E-state index in [2.05, 4.69) is 11.3 Å². The maximum atomic E-state index is 11.6. The third-order valence-corrected chi connectivity index (χ3v) is 2.40. The molecule has 0 bridgehead atoms. The normalized spacial score (nSPS) is 9.42. The van der Waals surface area contributed by atoms with Gasteiger partial charge in [0.1, 0.15) is 6.17 Å². The molecule has 2 rings (SSSR count). The van der Waals surface area contributed by atoms with E-state index >= 15 is 0 Å². The molecule has 1 radical (unpaired) electrons. The van der Waals surface area contributed by atoms with E-state index < -0.39 is 0 Å². The van der Waals surface area contributed by atoms with E-state index in [0.29, 0.717) is 5.56 Å². The first kappa shape index (κ1) is 7.33. The SMILES string of the molecule is FC#Cc1ccc2c[c]sc2c1. The third kappa shape index (κ3) is 1.19. The van der Waals surface area contributed by atoms with Crippen molar-refractivity contribution < 1.29 is 4.39 Å². The Kier molecular flexibility index (Phi) is 1.81. The fourth-order valence-corrected chi connectivity index (χ4v) is 1.77. The van der Waals surface area contributed by atoms with E-state index in [1.807, 2.05) is 18.2 Å². The second-order valence-electron chi connectivity index (χ2n) is 2.34. The molecule has 0 N–H and O–H groups in total. The molecule has 0 fully saturated rings. The van der Waals surface area contributed by atoms with E-state index in [9.17, 15) is 4.39 Å². The Hall–Kier alpha value is -1.33. The Bertz CT molecular complexity index is 459. The van der Waals surface area contributed by atoms with Crippen LogP contribution in [0, 0.1) is 17.5 Å². The molecule has 2 aromatic rings. The van der Waals surface area contributed by atoms with Crippen molar-refractivity contribution in [1.29, 1.82) is 0 Å².